The molecule has 4 nitrogen and oxygen atoms in total. The quantitative estimate of drug-likeness (QED) is 0.625. The lowest BCUT2D eigenvalue weighted by atomic mass is 9.95. The summed E-state index contributed by atoms with van der Waals surface area (Å²) in [4.78, 5) is 19.4. The van der Waals surface area contributed by atoms with Gasteiger partial charge in [0.05, 0.1) is 17.2 Å². The number of aliphatic imine (C=N–C) groups is 1. The van der Waals surface area contributed by atoms with Crippen molar-refractivity contribution in [1.29, 1.82) is 0 Å². The molecule has 0 radical (unpaired) electrons. The minimum atomic E-state index is -4.40. The van der Waals surface area contributed by atoms with E-state index in [4.69, 9.17) is 0 Å². The molecule has 0 bridgehead atoms. The van der Waals surface area contributed by atoms with E-state index in [2.05, 4.69) is 4.99 Å². The number of nitrogens with zero attached hydrogens (tertiary/aromatic N) is 3. The number of benzene rings is 1. The second-order valence-electron chi connectivity index (χ2n) is 6.98. The van der Waals surface area contributed by atoms with E-state index in [-0.39, 0.29) is 19.5 Å². The summed E-state index contributed by atoms with van der Waals surface area (Å²) >= 11 is 0. The van der Waals surface area contributed by atoms with E-state index in [1.54, 1.807) is 23.9 Å². The number of hydrogen-bond acceptors (Lipinski definition) is 2. The fourth-order valence-electron chi connectivity index (χ4n) is 3.76. The predicted octanol–water partition coefficient (Wildman–Crippen LogP) is 2.56. The lowest BCUT2D eigenvalue weighted by molar-refractivity contribution is -0.194. The Labute approximate surface area is 139 Å². The Kier molecular flexibility index (Phi) is 3.94. The molecule has 7 heteroatoms. The summed E-state index contributed by atoms with van der Waals surface area (Å²) in [6, 6.07) is 9.33. The SMILES string of the molecule is CN(C)C=NC(=O)[C@]12CN(Cc3ccccc3)C[C@@]1(C(F)(F)F)C2. The van der Waals surface area contributed by atoms with Gasteiger partial charge in [0.15, 0.2) is 0 Å². The van der Waals surface area contributed by atoms with Gasteiger partial charge in [-0.15, -0.1) is 0 Å². The van der Waals surface area contributed by atoms with Crippen LogP contribution in [0.25, 0.3) is 0 Å². The van der Waals surface area contributed by atoms with Crippen molar-refractivity contribution in [2.45, 2.75) is 19.1 Å². The molecule has 1 aromatic carbocycles. The third-order valence-electron chi connectivity index (χ3n) is 4.99. The Balaban J connectivity index is 1.82. The molecule has 1 aromatic rings. The first-order chi connectivity index (χ1) is 11.2. The van der Waals surface area contributed by atoms with E-state index in [1.807, 2.05) is 30.3 Å². The van der Waals surface area contributed by atoms with Gasteiger partial charge >= 0.3 is 6.18 Å². The average Bonchev–Trinajstić information content (AvgIpc) is 3.05. The number of rotatable bonds is 4. The zero-order valence-electron chi connectivity index (χ0n) is 13.7. The van der Waals surface area contributed by atoms with Crippen LogP contribution in [-0.2, 0) is 11.3 Å². The number of carbonyl (C=O) groups excluding carboxylic acids is 1. The standard InChI is InChI=1S/C17H20F3N3O/c1-22(2)12-21-14(24)15-9-16(15,17(18,19)20)11-23(10-15)8-13-6-4-3-5-7-13/h3-7,12H,8-11H2,1-2H3/t15-,16-/m0/s1. The number of likely N-dealkylation sites (tertiary alicyclic amines) is 1. The summed E-state index contributed by atoms with van der Waals surface area (Å²) in [6.45, 7) is 0.366. The van der Waals surface area contributed by atoms with Gasteiger partial charge in [-0.2, -0.15) is 13.2 Å². The van der Waals surface area contributed by atoms with Gasteiger partial charge in [-0.1, -0.05) is 30.3 Å². The van der Waals surface area contributed by atoms with Crippen LogP contribution in [0.5, 0.6) is 0 Å². The van der Waals surface area contributed by atoms with E-state index < -0.39 is 22.9 Å². The molecule has 2 fully saturated rings. The number of hydrogen-bond donors (Lipinski definition) is 0. The van der Waals surface area contributed by atoms with Crippen molar-refractivity contribution >= 4 is 12.2 Å². The molecule has 0 spiro atoms. The first kappa shape index (κ1) is 17.0. The molecule has 2 aliphatic rings. The second-order valence-corrected chi connectivity index (χ2v) is 6.98. The molecule has 1 aliphatic heterocycles. The summed E-state index contributed by atoms with van der Waals surface area (Å²) in [5.74, 6) is -0.663. The molecule has 24 heavy (non-hydrogen) atoms. The van der Waals surface area contributed by atoms with Crippen molar-refractivity contribution in [3.8, 4) is 0 Å². The number of carbonyl (C=O) groups is 1. The molecule has 0 aromatic heterocycles. The van der Waals surface area contributed by atoms with Crippen LogP contribution in [0.3, 0.4) is 0 Å². The number of alkyl halides is 3. The molecule has 130 valence electrons. The van der Waals surface area contributed by atoms with Crippen molar-refractivity contribution in [3.05, 3.63) is 35.9 Å². The topological polar surface area (TPSA) is 35.9 Å². The van der Waals surface area contributed by atoms with E-state index in [9.17, 15) is 18.0 Å². The largest absolute Gasteiger partial charge is 0.396 e. The predicted molar refractivity (Wildman–Crippen MR) is 84.4 cm³/mol. The third kappa shape index (κ3) is 2.60. The molecule has 1 heterocycles. The average molecular weight is 339 g/mol. The Hall–Kier alpha value is -1.89. The lowest BCUT2D eigenvalue weighted by Crippen LogP contribution is -2.34. The van der Waals surface area contributed by atoms with Gasteiger partial charge in [0, 0.05) is 33.7 Å². The van der Waals surface area contributed by atoms with Crippen molar-refractivity contribution in [2.75, 3.05) is 27.2 Å². The Morgan fingerprint density at radius 2 is 1.96 bits per heavy atom. The van der Waals surface area contributed by atoms with Gasteiger partial charge in [0.25, 0.3) is 5.91 Å². The molecule has 1 saturated carbocycles. The van der Waals surface area contributed by atoms with Gasteiger partial charge < -0.3 is 4.90 Å². The first-order valence-corrected chi connectivity index (χ1v) is 7.78. The van der Waals surface area contributed by atoms with Crippen LogP contribution in [0, 0.1) is 10.8 Å². The zero-order valence-corrected chi connectivity index (χ0v) is 13.7. The summed E-state index contributed by atoms with van der Waals surface area (Å²) in [5, 5.41) is 0. The van der Waals surface area contributed by atoms with Gasteiger partial charge in [-0.3, -0.25) is 9.69 Å². The highest BCUT2D eigenvalue weighted by Crippen LogP contribution is 2.75. The van der Waals surface area contributed by atoms with Crippen LogP contribution in [-0.4, -0.2) is 55.4 Å². The molecule has 1 aliphatic carbocycles. The maximum atomic E-state index is 13.7. The highest BCUT2D eigenvalue weighted by Gasteiger charge is 2.86. The van der Waals surface area contributed by atoms with Gasteiger partial charge in [-0.25, -0.2) is 4.99 Å². The molecule has 0 unspecified atom stereocenters. The third-order valence-corrected chi connectivity index (χ3v) is 4.99. The molecular weight excluding hydrogens is 319 g/mol. The monoisotopic (exact) mass is 339 g/mol. The number of fused-ring (bicyclic) bond motifs is 1. The summed E-state index contributed by atoms with van der Waals surface area (Å²) in [5.41, 5.74) is -2.43. The second kappa shape index (κ2) is 5.58. The molecule has 0 N–H and O–H groups in total. The maximum absolute atomic E-state index is 13.7. The van der Waals surface area contributed by atoms with E-state index in [1.165, 1.54) is 6.34 Å². The van der Waals surface area contributed by atoms with Gasteiger partial charge in [-0.05, 0) is 12.0 Å². The molecule has 1 saturated heterocycles. The fourth-order valence-corrected chi connectivity index (χ4v) is 3.76. The lowest BCUT2D eigenvalue weighted by Gasteiger charge is -2.22. The van der Waals surface area contributed by atoms with Crippen LogP contribution >= 0.6 is 0 Å². The highest BCUT2D eigenvalue weighted by atomic mass is 19.4. The zero-order chi connectivity index (χ0) is 17.6. The Morgan fingerprint density at radius 1 is 1.29 bits per heavy atom. The molecule has 2 atom stereocenters. The first-order valence-electron chi connectivity index (χ1n) is 7.78. The van der Waals surface area contributed by atoms with Crippen LogP contribution in [0.2, 0.25) is 0 Å². The van der Waals surface area contributed by atoms with Crippen molar-refractivity contribution < 1.29 is 18.0 Å². The van der Waals surface area contributed by atoms with Crippen LogP contribution < -0.4 is 0 Å². The molecule has 1 amide bonds. The minimum Gasteiger partial charge on any atom is -0.369 e. The van der Waals surface area contributed by atoms with Crippen molar-refractivity contribution in [1.82, 2.24) is 9.80 Å². The maximum Gasteiger partial charge on any atom is 0.396 e. The highest BCUT2D eigenvalue weighted by molar-refractivity contribution is 5.93. The molecule has 3 rings (SSSR count). The molecular formula is C17H20F3N3O. The van der Waals surface area contributed by atoms with Gasteiger partial charge in [0.1, 0.15) is 0 Å². The minimum absolute atomic E-state index is 0.102. The summed E-state index contributed by atoms with van der Waals surface area (Å²) in [7, 11) is 3.35. The number of amides is 1. The van der Waals surface area contributed by atoms with E-state index in [0.29, 0.717) is 6.54 Å². The van der Waals surface area contributed by atoms with E-state index >= 15 is 0 Å². The normalized spacial score (nSPS) is 29.7. The number of piperidine rings is 1. The number of halogens is 3. The summed E-state index contributed by atoms with van der Waals surface area (Å²) < 4.78 is 41.0. The van der Waals surface area contributed by atoms with Crippen molar-refractivity contribution in [2.24, 2.45) is 15.8 Å². The Morgan fingerprint density at radius 3 is 2.54 bits per heavy atom. The van der Waals surface area contributed by atoms with Crippen LogP contribution in [0.4, 0.5) is 13.2 Å². The fraction of sp³-hybridized carbons (Fsp3) is 0.529. The van der Waals surface area contributed by atoms with Crippen LogP contribution in [0.1, 0.15) is 12.0 Å². The van der Waals surface area contributed by atoms with Gasteiger partial charge in [0.2, 0.25) is 0 Å². The smallest absolute Gasteiger partial charge is 0.369 e. The Bertz CT molecular complexity index is 659. The van der Waals surface area contributed by atoms with Crippen molar-refractivity contribution in [3.63, 3.8) is 0 Å². The summed E-state index contributed by atoms with van der Waals surface area (Å²) in [6.07, 6.45) is -3.28. The van der Waals surface area contributed by atoms with Crippen LogP contribution in [0.15, 0.2) is 35.3 Å². The van der Waals surface area contributed by atoms with E-state index in [0.717, 1.165) is 5.56 Å².